The summed E-state index contributed by atoms with van der Waals surface area (Å²) in [4.78, 5) is -0.343. The number of hydrogen-bond donors (Lipinski definition) is 3. The molecule has 0 bridgehead atoms. The van der Waals surface area contributed by atoms with E-state index in [0.717, 1.165) is 18.7 Å². The molecule has 0 spiro atoms. The molecule has 178 valence electrons. The molecule has 0 aromatic heterocycles. The molecule has 2 unspecified atom stereocenters. The second-order valence-electron chi connectivity index (χ2n) is 7.45. The molecule has 3 rings (SSSR count). The fourth-order valence-electron chi connectivity index (χ4n) is 3.35. The molecule has 3 N–H and O–H groups in total. The number of rotatable bonds is 7. The smallest absolute Gasteiger partial charge is 0.209 e. The molecule has 1 heterocycles. The van der Waals surface area contributed by atoms with Gasteiger partial charge in [0.15, 0.2) is 9.84 Å². The van der Waals surface area contributed by atoms with Crippen molar-refractivity contribution in [1.29, 1.82) is 5.26 Å². The maximum Gasteiger partial charge on any atom is 0.209 e. The van der Waals surface area contributed by atoms with Crippen LogP contribution in [-0.2, 0) is 19.9 Å². The summed E-state index contributed by atoms with van der Waals surface area (Å²) in [6.45, 7) is 1.37. The topological polar surface area (TPSA) is 137 Å². The van der Waals surface area contributed by atoms with Gasteiger partial charge in [-0.15, -0.1) is 0 Å². The van der Waals surface area contributed by atoms with Gasteiger partial charge in [-0.25, -0.2) is 16.8 Å². The Hall–Kier alpha value is -1.91. The Kier molecular flexibility index (Phi) is 8.23. The van der Waals surface area contributed by atoms with Crippen molar-refractivity contribution in [3.63, 3.8) is 0 Å². The Labute approximate surface area is 203 Å². The number of sulfonamides is 1. The van der Waals surface area contributed by atoms with Crippen LogP contribution in [0.25, 0.3) is 0 Å². The minimum atomic E-state index is -4.39. The van der Waals surface area contributed by atoms with E-state index in [1.165, 1.54) is 30.3 Å². The van der Waals surface area contributed by atoms with E-state index in [9.17, 15) is 22.1 Å². The molecular weight excluding hydrogens is 511 g/mol. The van der Waals surface area contributed by atoms with Gasteiger partial charge in [0, 0.05) is 16.6 Å². The third-order valence-corrected chi connectivity index (χ3v) is 8.09. The Balaban J connectivity index is 2.12. The minimum Gasteiger partial charge on any atom is -0.456 e. The van der Waals surface area contributed by atoms with E-state index in [4.69, 9.17) is 27.9 Å². The number of halogens is 2. The zero-order valence-corrected chi connectivity index (χ0v) is 20.7. The van der Waals surface area contributed by atoms with E-state index in [-0.39, 0.29) is 38.5 Å². The van der Waals surface area contributed by atoms with Crippen LogP contribution in [0.5, 0.6) is 11.5 Å². The monoisotopic (exact) mass is 532 g/mol. The van der Waals surface area contributed by atoms with Crippen molar-refractivity contribution in [2.45, 2.75) is 22.7 Å². The summed E-state index contributed by atoms with van der Waals surface area (Å²) in [5, 5.41) is 14.5. The molecule has 2 aromatic carbocycles. The van der Waals surface area contributed by atoms with Crippen LogP contribution in [0.2, 0.25) is 10.0 Å². The van der Waals surface area contributed by atoms with Crippen LogP contribution >= 0.6 is 23.2 Å². The molecule has 0 radical (unpaired) electrons. The molecule has 0 amide bonds. The number of sulfone groups is 1. The molecule has 2 atom stereocenters. The lowest BCUT2D eigenvalue weighted by molar-refractivity contribution is 0.450. The van der Waals surface area contributed by atoms with Crippen LogP contribution in [-0.4, -0.2) is 54.1 Å². The predicted octanol–water partition coefficient (Wildman–Crippen LogP) is 2.26. The average molecular weight is 533 g/mol. The number of benzene rings is 2. The molecule has 9 nitrogen and oxygen atoms in total. The number of nitriles is 1. The standard InChI is InChI=1S/C20H22Cl2N4O5S2/c1-32(27,28)26-20(17-12-24-5-2-6-25-17)33(29,30)19-7-13(11-23)3-4-18(19)31-16-9-14(21)8-15(22)10-16/h3-4,7-10,17,20,24-26H,2,5-6,12H2,1H3. The fraction of sp³-hybridized carbons (Fsp3) is 0.350. The van der Waals surface area contributed by atoms with Gasteiger partial charge < -0.3 is 15.4 Å². The number of nitrogens with one attached hydrogen (secondary N) is 3. The van der Waals surface area contributed by atoms with Crippen LogP contribution in [0.4, 0.5) is 0 Å². The van der Waals surface area contributed by atoms with Crippen LogP contribution in [0.15, 0.2) is 41.3 Å². The van der Waals surface area contributed by atoms with Gasteiger partial charge in [0.05, 0.1) is 23.9 Å². The lowest BCUT2D eigenvalue weighted by Gasteiger charge is -2.27. The second kappa shape index (κ2) is 10.6. The van der Waals surface area contributed by atoms with Gasteiger partial charge in [0.1, 0.15) is 21.8 Å². The van der Waals surface area contributed by atoms with Crippen molar-refractivity contribution >= 4 is 43.1 Å². The zero-order chi connectivity index (χ0) is 24.2. The number of hydrogen-bond acceptors (Lipinski definition) is 8. The van der Waals surface area contributed by atoms with Crippen molar-refractivity contribution in [1.82, 2.24) is 15.4 Å². The normalized spacial score (nSPS) is 18.2. The van der Waals surface area contributed by atoms with Crippen molar-refractivity contribution in [3.8, 4) is 17.6 Å². The summed E-state index contributed by atoms with van der Waals surface area (Å²) in [5.41, 5.74) is 0.0649. The quantitative estimate of drug-likeness (QED) is 0.493. The lowest BCUT2D eigenvalue weighted by Crippen LogP contribution is -2.56. The molecule has 2 aromatic rings. The first-order chi connectivity index (χ1) is 15.5. The van der Waals surface area contributed by atoms with E-state index >= 15 is 0 Å². The average Bonchev–Trinajstić information content (AvgIpc) is 3.00. The van der Waals surface area contributed by atoms with Gasteiger partial charge in [0.2, 0.25) is 10.0 Å². The van der Waals surface area contributed by atoms with Crippen LogP contribution in [0.3, 0.4) is 0 Å². The highest BCUT2D eigenvalue weighted by atomic mass is 35.5. The third-order valence-electron chi connectivity index (χ3n) is 4.77. The van der Waals surface area contributed by atoms with Gasteiger partial charge in [-0.3, -0.25) is 0 Å². The molecule has 1 saturated heterocycles. The Morgan fingerprint density at radius 2 is 1.82 bits per heavy atom. The highest BCUT2D eigenvalue weighted by Gasteiger charge is 2.39. The molecule has 33 heavy (non-hydrogen) atoms. The van der Waals surface area contributed by atoms with Gasteiger partial charge in [-0.1, -0.05) is 23.2 Å². The first kappa shape index (κ1) is 25.7. The van der Waals surface area contributed by atoms with Crippen LogP contribution in [0.1, 0.15) is 12.0 Å². The van der Waals surface area contributed by atoms with E-state index in [2.05, 4.69) is 15.4 Å². The van der Waals surface area contributed by atoms with Crippen molar-refractivity contribution < 1.29 is 21.6 Å². The van der Waals surface area contributed by atoms with Crippen molar-refractivity contribution in [2.24, 2.45) is 0 Å². The van der Waals surface area contributed by atoms with E-state index in [0.29, 0.717) is 13.1 Å². The SMILES string of the molecule is CS(=O)(=O)NC(C1CNCCCN1)S(=O)(=O)c1cc(C#N)ccc1Oc1cc(Cl)cc(Cl)c1. The molecule has 0 saturated carbocycles. The van der Waals surface area contributed by atoms with Gasteiger partial charge >= 0.3 is 0 Å². The third kappa shape index (κ3) is 6.80. The van der Waals surface area contributed by atoms with E-state index in [1.54, 1.807) is 0 Å². The molecular formula is C20H22Cl2N4O5S2. The zero-order valence-electron chi connectivity index (χ0n) is 17.5. The van der Waals surface area contributed by atoms with Crippen LogP contribution in [0, 0.1) is 11.3 Å². The summed E-state index contributed by atoms with van der Waals surface area (Å²) in [7, 11) is -8.30. The Morgan fingerprint density at radius 3 is 2.45 bits per heavy atom. The maximum atomic E-state index is 13.8. The maximum absolute atomic E-state index is 13.8. The van der Waals surface area contributed by atoms with E-state index in [1.807, 2.05) is 6.07 Å². The molecule has 1 aliphatic heterocycles. The summed E-state index contributed by atoms with van der Waals surface area (Å²) < 4.78 is 59.8. The van der Waals surface area contributed by atoms with Gasteiger partial charge in [0.25, 0.3) is 0 Å². The minimum absolute atomic E-state index is 0.0649. The summed E-state index contributed by atoms with van der Waals surface area (Å²) in [5.74, 6) is 0.0738. The highest BCUT2D eigenvalue weighted by Crippen LogP contribution is 2.34. The first-order valence-corrected chi connectivity index (χ1v) is 14.0. The predicted molar refractivity (Wildman–Crippen MR) is 126 cm³/mol. The Bertz CT molecular complexity index is 1250. The number of ether oxygens (including phenoxy) is 1. The summed E-state index contributed by atoms with van der Waals surface area (Å²) >= 11 is 12.0. The van der Waals surface area contributed by atoms with Gasteiger partial charge in [-0.2, -0.15) is 9.98 Å². The fourth-order valence-corrected chi connectivity index (χ4v) is 7.06. The van der Waals surface area contributed by atoms with Crippen LogP contribution < -0.4 is 20.1 Å². The first-order valence-electron chi connectivity index (χ1n) is 9.83. The van der Waals surface area contributed by atoms with Gasteiger partial charge in [-0.05, 0) is 55.9 Å². The molecule has 1 aliphatic rings. The lowest BCUT2D eigenvalue weighted by atomic mass is 10.2. The van der Waals surface area contributed by atoms with E-state index < -0.39 is 31.3 Å². The van der Waals surface area contributed by atoms with Crippen molar-refractivity contribution in [3.05, 3.63) is 52.0 Å². The summed E-state index contributed by atoms with van der Waals surface area (Å²) in [6.07, 6.45) is 1.63. The molecule has 13 heteroatoms. The second-order valence-corrected chi connectivity index (χ2v) is 12.1. The molecule has 1 fully saturated rings. The van der Waals surface area contributed by atoms with Crippen molar-refractivity contribution in [2.75, 3.05) is 25.9 Å². The molecule has 0 aliphatic carbocycles. The summed E-state index contributed by atoms with van der Waals surface area (Å²) in [6, 6.07) is 9.39. The Morgan fingerprint density at radius 1 is 1.12 bits per heavy atom. The highest BCUT2D eigenvalue weighted by molar-refractivity contribution is 7.94. The largest absolute Gasteiger partial charge is 0.456 e. The number of nitrogens with zero attached hydrogens (tertiary/aromatic N) is 1.